The minimum atomic E-state index is -3.68. The second-order valence-electron chi connectivity index (χ2n) is 11.6. The molecule has 3 aliphatic rings. The lowest BCUT2D eigenvalue weighted by Crippen LogP contribution is -2.43. The van der Waals surface area contributed by atoms with Crippen LogP contribution in [0.2, 0.25) is 0 Å². The maximum atomic E-state index is 13.7. The molecule has 1 aromatic rings. The molecule has 0 bridgehead atoms. The first-order chi connectivity index (χ1) is 18.0. The van der Waals surface area contributed by atoms with Crippen LogP contribution in [-0.4, -0.2) is 89.0 Å². The van der Waals surface area contributed by atoms with E-state index in [1.165, 1.54) is 32.4 Å². The second kappa shape index (κ2) is 13.8. The molecule has 3 fully saturated rings. The summed E-state index contributed by atoms with van der Waals surface area (Å²) in [5.74, 6) is 1.46. The molecular weight excluding hydrogens is 558 g/mol. The Morgan fingerprint density at radius 2 is 1.49 bits per heavy atom. The summed E-state index contributed by atoms with van der Waals surface area (Å²) in [4.78, 5) is 2.89. The minimum Gasteiger partial charge on any atom is -0.496 e. The number of nitrogens with zero attached hydrogens (tertiary/aromatic N) is 3. The van der Waals surface area contributed by atoms with E-state index in [0.717, 1.165) is 43.4 Å². The third-order valence-electron chi connectivity index (χ3n) is 9.08. The first-order valence-corrected chi connectivity index (χ1v) is 17.4. The number of ether oxygens (including phenoxy) is 1. The van der Waals surface area contributed by atoms with Gasteiger partial charge in [-0.15, -0.1) is 12.4 Å². The third kappa shape index (κ3) is 7.68. The van der Waals surface area contributed by atoms with Gasteiger partial charge in [-0.1, -0.05) is 0 Å². The van der Waals surface area contributed by atoms with Gasteiger partial charge in [0.25, 0.3) is 0 Å². The smallest absolute Gasteiger partial charge is 0.243 e. The maximum Gasteiger partial charge on any atom is 0.243 e. The van der Waals surface area contributed by atoms with Crippen LogP contribution in [0.15, 0.2) is 11.0 Å². The Hall–Kier alpha value is -0.910. The molecule has 3 aliphatic heterocycles. The van der Waals surface area contributed by atoms with E-state index in [1.807, 2.05) is 20.8 Å². The average Bonchev–Trinajstić information content (AvgIpc) is 3.42. The average molecular weight is 606 g/mol. The summed E-state index contributed by atoms with van der Waals surface area (Å²) in [5, 5.41) is 0. The topological polar surface area (TPSA) is 87.2 Å². The highest BCUT2D eigenvalue weighted by atomic mass is 35.5. The highest BCUT2D eigenvalue weighted by Crippen LogP contribution is 2.34. The van der Waals surface area contributed by atoms with Crippen LogP contribution < -0.4 is 4.74 Å². The SMILES string of the molecule is COc1cc(C)c(S(=O)(=O)N2CCCC(CCS(=O)(=O)N3CCC(CCN4CCCC4)CC3)C2)c(C)c1C.Cl. The maximum absolute atomic E-state index is 13.7. The van der Waals surface area contributed by atoms with Crippen molar-refractivity contribution >= 4 is 32.5 Å². The summed E-state index contributed by atoms with van der Waals surface area (Å²) >= 11 is 0. The van der Waals surface area contributed by atoms with E-state index in [0.29, 0.717) is 54.7 Å². The molecule has 3 saturated heterocycles. The van der Waals surface area contributed by atoms with Crippen molar-refractivity contribution in [1.82, 2.24) is 13.5 Å². The molecule has 39 heavy (non-hydrogen) atoms. The Balaban J connectivity index is 0.00000420. The molecule has 0 amide bonds. The number of halogens is 1. The molecule has 4 rings (SSSR count). The number of hydrogen-bond acceptors (Lipinski definition) is 6. The number of aryl methyl sites for hydroxylation is 1. The van der Waals surface area contributed by atoms with E-state index in [9.17, 15) is 16.8 Å². The van der Waals surface area contributed by atoms with E-state index < -0.39 is 20.0 Å². The number of sulfonamides is 2. The summed E-state index contributed by atoms with van der Waals surface area (Å²) in [6.07, 6.45) is 7.80. The van der Waals surface area contributed by atoms with Gasteiger partial charge in [0.1, 0.15) is 5.75 Å². The standard InChI is InChI=1S/C28H47N3O5S2.ClH/c1-22-20-27(36-4)23(2)24(3)28(22)38(34,35)31-15-7-8-26(21-31)12-19-37(32,33)30-17-10-25(11-18-30)9-16-29-13-5-6-14-29;/h20,25-26H,5-19,21H2,1-4H3;1H. The Morgan fingerprint density at radius 1 is 0.821 bits per heavy atom. The predicted octanol–water partition coefficient (Wildman–Crippen LogP) is 4.36. The molecular formula is C28H48ClN3O5S2. The molecule has 0 spiro atoms. The zero-order chi connectivity index (χ0) is 27.5. The highest BCUT2D eigenvalue weighted by Gasteiger charge is 2.35. The molecule has 0 radical (unpaired) electrons. The van der Waals surface area contributed by atoms with Crippen LogP contribution >= 0.6 is 12.4 Å². The lowest BCUT2D eigenvalue weighted by Gasteiger charge is -2.34. The van der Waals surface area contributed by atoms with Gasteiger partial charge < -0.3 is 9.64 Å². The molecule has 8 nitrogen and oxygen atoms in total. The number of likely N-dealkylation sites (tertiary alicyclic amines) is 1. The van der Waals surface area contributed by atoms with E-state index in [2.05, 4.69) is 4.90 Å². The highest BCUT2D eigenvalue weighted by molar-refractivity contribution is 7.89. The number of piperidine rings is 2. The quantitative estimate of drug-likeness (QED) is 0.394. The molecule has 224 valence electrons. The molecule has 1 unspecified atom stereocenters. The zero-order valence-electron chi connectivity index (χ0n) is 24.2. The van der Waals surface area contributed by atoms with Crippen molar-refractivity contribution in [1.29, 1.82) is 0 Å². The summed E-state index contributed by atoms with van der Waals surface area (Å²) < 4.78 is 62.4. The van der Waals surface area contributed by atoms with E-state index in [4.69, 9.17) is 4.74 Å². The summed E-state index contributed by atoms with van der Waals surface area (Å²) in [5.41, 5.74) is 2.23. The molecule has 1 atom stereocenters. The number of methoxy groups -OCH3 is 1. The first-order valence-electron chi connectivity index (χ1n) is 14.4. The Labute approximate surface area is 243 Å². The van der Waals surface area contributed by atoms with Crippen LogP contribution in [0.4, 0.5) is 0 Å². The van der Waals surface area contributed by atoms with Crippen molar-refractivity contribution in [2.75, 3.05) is 58.7 Å². The number of rotatable bonds is 10. The molecule has 3 heterocycles. The van der Waals surface area contributed by atoms with Crippen molar-refractivity contribution in [2.45, 2.75) is 77.0 Å². The predicted molar refractivity (Wildman–Crippen MR) is 159 cm³/mol. The Bertz CT molecular complexity index is 1180. The Kier molecular flexibility index (Phi) is 11.6. The van der Waals surface area contributed by atoms with E-state index >= 15 is 0 Å². The van der Waals surface area contributed by atoms with Crippen molar-refractivity contribution in [3.8, 4) is 5.75 Å². The first kappa shape index (κ1) is 32.6. The van der Waals surface area contributed by atoms with Crippen LogP contribution in [-0.2, 0) is 20.0 Å². The lowest BCUT2D eigenvalue weighted by atomic mass is 9.94. The summed E-state index contributed by atoms with van der Waals surface area (Å²) in [6.45, 7) is 11.2. The largest absolute Gasteiger partial charge is 0.496 e. The zero-order valence-corrected chi connectivity index (χ0v) is 26.6. The fraction of sp³-hybridized carbons (Fsp3) is 0.786. The van der Waals surface area contributed by atoms with Gasteiger partial charge in [-0.05, 0) is 126 Å². The van der Waals surface area contributed by atoms with Gasteiger partial charge in [0.05, 0.1) is 17.8 Å². The van der Waals surface area contributed by atoms with Crippen LogP contribution in [0.1, 0.15) is 68.1 Å². The van der Waals surface area contributed by atoms with Crippen LogP contribution in [0.3, 0.4) is 0 Å². The minimum absolute atomic E-state index is 0. The number of hydrogen-bond donors (Lipinski definition) is 0. The second-order valence-corrected chi connectivity index (χ2v) is 15.6. The third-order valence-corrected chi connectivity index (χ3v) is 13.1. The Morgan fingerprint density at radius 3 is 2.13 bits per heavy atom. The van der Waals surface area contributed by atoms with Gasteiger partial charge in [-0.25, -0.2) is 21.1 Å². The van der Waals surface area contributed by atoms with Gasteiger partial charge in [0.15, 0.2) is 0 Å². The van der Waals surface area contributed by atoms with Gasteiger partial charge in [0, 0.05) is 26.2 Å². The normalized spacial score (nSPS) is 22.6. The van der Waals surface area contributed by atoms with Crippen molar-refractivity contribution in [3.05, 3.63) is 22.8 Å². The summed E-state index contributed by atoms with van der Waals surface area (Å²) in [6, 6.07) is 1.79. The fourth-order valence-electron chi connectivity index (χ4n) is 6.53. The molecule has 0 aliphatic carbocycles. The van der Waals surface area contributed by atoms with Gasteiger partial charge >= 0.3 is 0 Å². The van der Waals surface area contributed by atoms with E-state index in [-0.39, 0.29) is 24.1 Å². The van der Waals surface area contributed by atoms with Crippen LogP contribution in [0, 0.1) is 32.6 Å². The molecule has 11 heteroatoms. The summed E-state index contributed by atoms with van der Waals surface area (Å²) in [7, 11) is -5.42. The fourth-order valence-corrected chi connectivity index (χ4v) is 10.2. The van der Waals surface area contributed by atoms with Gasteiger partial charge in [-0.3, -0.25) is 0 Å². The van der Waals surface area contributed by atoms with Gasteiger partial charge in [0.2, 0.25) is 20.0 Å². The van der Waals surface area contributed by atoms with Gasteiger partial charge in [-0.2, -0.15) is 4.31 Å². The molecule has 0 N–H and O–H groups in total. The lowest BCUT2D eigenvalue weighted by molar-refractivity contribution is 0.230. The van der Waals surface area contributed by atoms with Crippen molar-refractivity contribution in [3.63, 3.8) is 0 Å². The van der Waals surface area contributed by atoms with E-state index in [1.54, 1.807) is 21.8 Å². The van der Waals surface area contributed by atoms with Crippen molar-refractivity contribution < 1.29 is 21.6 Å². The monoisotopic (exact) mass is 605 g/mol. The van der Waals surface area contributed by atoms with Crippen LogP contribution in [0.25, 0.3) is 0 Å². The molecule has 0 saturated carbocycles. The van der Waals surface area contributed by atoms with Crippen LogP contribution in [0.5, 0.6) is 5.75 Å². The van der Waals surface area contributed by atoms with Crippen molar-refractivity contribution in [2.24, 2.45) is 11.8 Å². The number of benzene rings is 1. The molecule has 1 aromatic carbocycles. The molecule has 0 aromatic heterocycles.